The molecule has 0 aliphatic carbocycles. The van der Waals surface area contributed by atoms with E-state index in [9.17, 15) is 4.79 Å². The topological polar surface area (TPSA) is 46.3 Å². The fraction of sp³-hybridized carbons (Fsp3) is 0.929. The second kappa shape index (κ2) is 6.80. The first kappa shape index (κ1) is 15.8. The van der Waals surface area contributed by atoms with Crippen LogP contribution in [0, 0.1) is 5.41 Å². The van der Waals surface area contributed by atoms with Crippen molar-refractivity contribution in [2.45, 2.75) is 58.2 Å². The fourth-order valence-electron chi connectivity index (χ4n) is 2.24. The number of thioether (sulfide) groups is 1. The normalized spacial score (nSPS) is 23.6. The molecule has 1 fully saturated rings. The molecule has 0 aromatic carbocycles. The van der Waals surface area contributed by atoms with Crippen molar-refractivity contribution in [2.75, 3.05) is 18.8 Å². The third kappa shape index (κ3) is 4.47. The Bertz CT molecular complexity index is 275. The Balaban J connectivity index is 2.65. The van der Waals surface area contributed by atoms with E-state index >= 15 is 0 Å². The van der Waals surface area contributed by atoms with Gasteiger partial charge >= 0.3 is 0 Å². The molecule has 0 aromatic heterocycles. The first-order chi connectivity index (χ1) is 8.36. The predicted molar refractivity (Wildman–Crippen MR) is 79.8 cm³/mol. The van der Waals surface area contributed by atoms with Gasteiger partial charge in [-0.1, -0.05) is 34.1 Å². The van der Waals surface area contributed by atoms with Crippen molar-refractivity contribution in [1.29, 1.82) is 0 Å². The van der Waals surface area contributed by atoms with Crippen molar-refractivity contribution in [3.8, 4) is 0 Å². The predicted octanol–water partition coefficient (Wildman–Crippen LogP) is 2.49. The highest BCUT2D eigenvalue weighted by Crippen LogP contribution is 2.25. The average Bonchev–Trinajstić information content (AvgIpc) is 2.52. The number of rotatable bonds is 3. The number of amides is 1. The summed E-state index contributed by atoms with van der Waals surface area (Å²) in [7, 11) is 0. The molecule has 0 radical (unpaired) electrons. The zero-order valence-electron chi connectivity index (χ0n) is 12.2. The summed E-state index contributed by atoms with van der Waals surface area (Å²) in [5.41, 5.74) is 5.94. The van der Waals surface area contributed by atoms with Gasteiger partial charge in [-0.2, -0.15) is 11.8 Å². The zero-order valence-corrected chi connectivity index (χ0v) is 13.1. The van der Waals surface area contributed by atoms with Crippen molar-refractivity contribution < 1.29 is 4.79 Å². The van der Waals surface area contributed by atoms with Gasteiger partial charge in [0.1, 0.15) is 0 Å². The monoisotopic (exact) mass is 272 g/mol. The zero-order chi connectivity index (χ0) is 13.8. The highest BCUT2D eigenvalue weighted by Gasteiger charge is 2.32. The van der Waals surface area contributed by atoms with Crippen molar-refractivity contribution in [2.24, 2.45) is 11.1 Å². The number of carbonyl (C=O) groups excluding carboxylic acids is 1. The molecule has 3 nitrogen and oxygen atoms in total. The van der Waals surface area contributed by atoms with Crippen LogP contribution in [0.15, 0.2) is 0 Å². The second-order valence-corrected chi connectivity index (χ2v) is 7.78. The van der Waals surface area contributed by atoms with Crippen LogP contribution in [0.25, 0.3) is 0 Å². The summed E-state index contributed by atoms with van der Waals surface area (Å²) in [6.45, 7) is 10.0. The Kier molecular flexibility index (Phi) is 5.99. The summed E-state index contributed by atoms with van der Waals surface area (Å²) in [4.78, 5) is 14.4. The molecule has 1 heterocycles. The van der Waals surface area contributed by atoms with Crippen LogP contribution >= 0.6 is 11.8 Å². The summed E-state index contributed by atoms with van der Waals surface area (Å²) in [6.07, 6.45) is 3.57. The van der Waals surface area contributed by atoms with Crippen molar-refractivity contribution in [3.05, 3.63) is 0 Å². The maximum Gasteiger partial charge on any atom is 0.240 e. The van der Waals surface area contributed by atoms with Crippen LogP contribution in [-0.2, 0) is 4.79 Å². The Morgan fingerprint density at radius 2 is 2.11 bits per heavy atom. The van der Waals surface area contributed by atoms with E-state index in [-0.39, 0.29) is 17.4 Å². The Morgan fingerprint density at radius 1 is 1.44 bits per heavy atom. The average molecular weight is 272 g/mol. The Labute approximate surface area is 116 Å². The molecule has 1 unspecified atom stereocenters. The summed E-state index contributed by atoms with van der Waals surface area (Å²) >= 11 is 1.97. The van der Waals surface area contributed by atoms with Gasteiger partial charge in [0.05, 0.1) is 6.04 Å². The minimum atomic E-state index is -0.386. The number of nitrogens with two attached hydrogens (primary N) is 1. The maximum absolute atomic E-state index is 12.4. The van der Waals surface area contributed by atoms with Crippen LogP contribution in [0.4, 0.5) is 0 Å². The Hall–Kier alpha value is -0.220. The molecule has 0 spiro atoms. The van der Waals surface area contributed by atoms with Crippen LogP contribution < -0.4 is 5.73 Å². The molecule has 2 atom stereocenters. The van der Waals surface area contributed by atoms with Crippen molar-refractivity contribution >= 4 is 17.7 Å². The van der Waals surface area contributed by atoms with Crippen molar-refractivity contribution in [3.63, 3.8) is 0 Å². The summed E-state index contributed by atoms with van der Waals surface area (Å²) < 4.78 is 0. The van der Waals surface area contributed by atoms with E-state index in [0.717, 1.165) is 25.3 Å². The van der Waals surface area contributed by atoms with Gasteiger partial charge in [0.25, 0.3) is 0 Å². The minimum Gasteiger partial charge on any atom is -0.340 e. The lowest BCUT2D eigenvalue weighted by Crippen LogP contribution is -2.51. The quantitative estimate of drug-likeness (QED) is 0.858. The molecular formula is C14H28N2OS. The van der Waals surface area contributed by atoms with Gasteiger partial charge in [0.15, 0.2) is 0 Å². The van der Waals surface area contributed by atoms with E-state index in [1.165, 1.54) is 12.8 Å². The van der Waals surface area contributed by atoms with Gasteiger partial charge in [-0.25, -0.2) is 0 Å². The molecule has 1 amide bonds. The van der Waals surface area contributed by atoms with Gasteiger partial charge in [0.2, 0.25) is 5.91 Å². The molecule has 18 heavy (non-hydrogen) atoms. The fourth-order valence-corrected chi connectivity index (χ4v) is 3.33. The molecule has 1 rings (SSSR count). The molecule has 1 aliphatic heterocycles. The van der Waals surface area contributed by atoms with E-state index in [1.807, 2.05) is 37.4 Å². The van der Waals surface area contributed by atoms with Gasteiger partial charge in [0, 0.05) is 18.3 Å². The standard InChI is InChI=1S/C14H28N2OS/c1-5-18-11-8-6-7-9-16(10-11)13(17)12(15)14(2,3)4/h11-12H,5-10,15H2,1-4H3/t11?,12-/m1/s1. The van der Waals surface area contributed by atoms with E-state index in [1.54, 1.807) is 0 Å². The number of hydrogen-bond acceptors (Lipinski definition) is 3. The number of nitrogens with zero attached hydrogens (tertiary/aromatic N) is 1. The third-order valence-electron chi connectivity index (χ3n) is 3.54. The van der Waals surface area contributed by atoms with Gasteiger partial charge < -0.3 is 10.6 Å². The molecule has 1 aliphatic rings. The van der Waals surface area contributed by atoms with E-state index in [0.29, 0.717) is 5.25 Å². The molecule has 0 aromatic rings. The first-order valence-corrected chi connectivity index (χ1v) is 8.07. The van der Waals surface area contributed by atoms with E-state index < -0.39 is 0 Å². The minimum absolute atomic E-state index is 0.131. The number of carbonyl (C=O) groups is 1. The summed E-state index contributed by atoms with van der Waals surface area (Å²) in [5, 5.41) is 0.591. The third-order valence-corrected chi connectivity index (χ3v) is 4.73. The van der Waals surface area contributed by atoms with Crippen LogP contribution in [0.3, 0.4) is 0 Å². The molecule has 1 saturated heterocycles. The van der Waals surface area contributed by atoms with E-state index in [2.05, 4.69) is 6.92 Å². The molecule has 0 bridgehead atoms. The highest BCUT2D eigenvalue weighted by atomic mass is 32.2. The lowest BCUT2D eigenvalue weighted by atomic mass is 9.86. The van der Waals surface area contributed by atoms with Crippen molar-refractivity contribution in [1.82, 2.24) is 4.90 Å². The van der Waals surface area contributed by atoms with Gasteiger partial charge in [-0.15, -0.1) is 0 Å². The van der Waals surface area contributed by atoms with Crippen LogP contribution in [0.1, 0.15) is 47.0 Å². The van der Waals surface area contributed by atoms with Gasteiger partial charge in [-0.3, -0.25) is 4.79 Å². The smallest absolute Gasteiger partial charge is 0.240 e. The number of hydrogen-bond donors (Lipinski definition) is 1. The largest absolute Gasteiger partial charge is 0.340 e. The van der Waals surface area contributed by atoms with E-state index in [4.69, 9.17) is 5.73 Å². The maximum atomic E-state index is 12.4. The van der Waals surface area contributed by atoms with Gasteiger partial charge in [-0.05, 0) is 24.0 Å². The summed E-state index contributed by atoms with van der Waals surface area (Å²) in [6, 6.07) is -0.386. The molecule has 4 heteroatoms. The molecule has 106 valence electrons. The van der Waals surface area contributed by atoms with Crippen LogP contribution in [-0.4, -0.2) is 40.9 Å². The van der Waals surface area contributed by atoms with Crippen LogP contribution in [0.5, 0.6) is 0 Å². The first-order valence-electron chi connectivity index (χ1n) is 7.02. The molecule has 2 N–H and O–H groups in total. The SMILES string of the molecule is CCSC1CCCCN(C(=O)[C@@H](N)C(C)(C)C)C1. The van der Waals surface area contributed by atoms with Crippen LogP contribution in [0.2, 0.25) is 0 Å². The lowest BCUT2D eigenvalue weighted by molar-refractivity contribution is -0.134. The highest BCUT2D eigenvalue weighted by molar-refractivity contribution is 7.99. The second-order valence-electron chi connectivity index (χ2n) is 6.20. The molecular weight excluding hydrogens is 244 g/mol. The summed E-state index contributed by atoms with van der Waals surface area (Å²) in [5.74, 6) is 1.25. The lowest BCUT2D eigenvalue weighted by Gasteiger charge is -2.32. The molecule has 0 saturated carbocycles. The number of likely N-dealkylation sites (tertiary alicyclic amines) is 1. The Morgan fingerprint density at radius 3 is 2.67 bits per heavy atom.